The van der Waals surface area contributed by atoms with Gasteiger partial charge in [-0.3, -0.25) is 9.59 Å². The fourth-order valence-corrected chi connectivity index (χ4v) is 3.85. The number of carbonyl (C=O) groups excluding carboxylic acids is 1. The van der Waals surface area contributed by atoms with Crippen LogP contribution in [0.4, 0.5) is 17.3 Å². The molecule has 3 aromatic rings. The molecule has 0 saturated heterocycles. The lowest BCUT2D eigenvalue weighted by Crippen LogP contribution is -2.32. The number of carboxylic acids is 1. The number of hydrogen-bond donors (Lipinski definition) is 4. The second-order valence-electron chi connectivity index (χ2n) is 8.70. The largest absolute Gasteiger partial charge is 0.505 e. The summed E-state index contributed by atoms with van der Waals surface area (Å²) in [6.45, 7) is 5.89. The quantitative estimate of drug-likeness (QED) is 0.359. The van der Waals surface area contributed by atoms with Crippen LogP contribution in [0.3, 0.4) is 0 Å². The van der Waals surface area contributed by atoms with Crippen LogP contribution in [-0.4, -0.2) is 49.3 Å². The minimum atomic E-state index is -1.14. The normalized spacial score (nSPS) is 12.1. The van der Waals surface area contributed by atoms with Crippen LogP contribution in [0.15, 0.2) is 48.5 Å². The van der Waals surface area contributed by atoms with E-state index in [0.29, 0.717) is 11.6 Å². The van der Waals surface area contributed by atoms with E-state index in [1.54, 1.807) is 12.1 Å². The van der Waals surface area contributed by atoms with Crippen molar-refractivity contribution in [1.29, 1.82) is 0 Å². The molecular weight excluding hydrogens is 442 g/mol. The van der Waals surface area contributed by atoms with Gasteiger partial charge < -0.3 is 25.7 Å². The second kappa shape index (κ2) is 9.86. The number of aromatic hydroxyl groups is 1. The van der Waals surface area contributed by atoms with Crippen molar-refractivity contribution in [2.45, 2.75) is 26.8 Å². The van der Waals surface area contributed by atoms with Crippen molar-refractivity contribution in [2.24, 2.45) is 5.41 Å². The third-order valence-electron chi connectivity index (χ3n) is 5.01. The van der Waals surface area contributed by atoms with Gasteiger partial charge in [-0.1, -0.05) is 57.2 Å². The number of aliphatic carboxylic acids is 1. The molecule has 0 radical (unpaired) electrons. The molecule has 33 heavy (non-hydrogen) atoms. The number of anilines is 3. The highest BCUT2D eigenvalue weighted by molar-refractivity contribution is 6.99. The van der Waals surface area contributed by atoms with E-state index >= 15 is 0 Å². The minimum Gasteiger partial charge on any atom is -0.505 e. The molecular formula is C23H27N5O4S. The van der Waals surface area contributed by atoms with Crippen LogP contribution in [0.5, 0.6) is 5.75 Å². The average Bonchev–Trinajstić information content (AvgIpc) is 3.19. The van der Waals surface area contributed by atoms with Crippen LogP contribution in [0.1, 0.15) is 42.7 Å². The molecule has 1 atom stereocenters. The number of hydrogen-bond acceptors (Lipinski definition) is 8. The van der Waals surface area contributed by atoms with E-state index in [4.69, 9.17) is 5.11 Å². The fourth-order valence-electron chi connectivity index (χ4n) is 3.37. The number of rotatable bonds is 8. The number of nitrogens with one attached hydrogen (secondary N) is 2. The summed E-state index contributed by atoms with van der Waals surface area (Å²) < 4.78 is 8.68. The van der Waals surface area contributed by atoms with Gasteiger partial charge in [0.15, 0.2) is 17.4 Å². The van der Waals surface area contributed by atoms with Crippen molar-refractivity contribution < 1.29 is 19.8 Å². The molecule has 1 heterocycles. The number of para-hydroxylation sites is 1. The van der Waals surface area contributed by atoms with Gasteiger partial charge in [0.1, 0.15) is 6.54 Å². The number of aromatic nitrogens is 2. The molecule has 0 fully saturated rings. The van der Waals surface area contributed by atoms with Crippen LogP contribution in [0.2, 0.25) is 0 Å². The molecule has 0 aliphatic heterocycles. The molecule has 0 aliphatic rings. The third-order valence-corrected chi connectivity index (χ3v) is 5.54. The Hall–Kier alpha value is -3.66. The number of nitrogens with zero attached hydrogens (tertiary/aromatic N) is 3. The maximum atomic E-state index is 12.6. The Balaban J connectivity index is 1.86. The molecule has 9 nitrogen and oxygen atoms in total. The first kappa shape index (κ1) is 24.0. The summed E-state index contributed by atoms with van der Waals surface area (Å²) in [7, 11) is 1.36. The van der Waals surface area contributed by atoms with Gasteiger partial charge in [0, 0.05) is 7.05 Å². The smallest absolute Gasteiger partial charge is 0.323 e. The molecule has 0 spiro atoms. The predicted octanol–water partition coefficient (Wildman–Crippen LogP) is 4.34. The van der Waals surface area contributed by atoms with Gasteiger partial charge in [0.25, 0.3) is 5.91 Å². The first-order chi connectivity index (χ1) is 15.6. The first-order valence-corrected chi connectivity index (χ1v) is 11.0. The van der Waals surface area contributed by atoms with Gasteiger partial charge in [0.05, 0.1) is 29.0 Å². The second-order valence-corrected chi connectivity index (χ2v) is 9.23. The predicted molar refractivity (Wildman–Crippen MR) is 128 cm³/mol. The molecule has 0 aliphatic carbocycles. The number of amides is 1. The molecule has 2 aromatic carbocycles. The highest BCUT2D eigenvalue weighted by Crippen LogP contribution is 2.38. The van der Waals surface area contributed by atoms with Crippen molar-refractivity contribution >= 4 is 40.9 Å². The van der Waals surface area contributed by atoms with Gasteiger partial charge >= 0.3 is 5.97 Å². The average molecular weight is 470 g/mol. The molecule has 0 saturated carbocycles. The Morgan fingerprint density at radius 2 is 1.73 bits per heavy atom. The lowest BCUT2D eigenvalue weighted by molar-refractivity contribution is -0.137. The molecule has 174 valence electrons. The first-order valence-electron chi connectivity index (χ1n) is 10.3. The number of likely N-dealkylation sites (N-methyl/N-ethyl adjacent to an activating group) is 1. The lowest BCUT2D eigenvalue weighted by Gasteiger charge is -2.32. The van der Waals surface area contributed by atoms with Gasteiger partial charge in [-0.15, -0.1) is 0 Å². The summed E-state index contributed by atoms with van der Waals surface area (Å²) in [6.07, 6.45) is 0. The zero-order chi connectivity index (χ0) is 24.2. The van der Waals surface area contributed by atoms with Crippen molar-refractivity contribution in [2.75, 3.05) is 24.2 Å². The highest BCUT2D eigenvalue weighted by atomic mass is 32.1. The van der Waals surface area contributed by atoms with Crippen molar-refractivity contribution in [3.63, 3.8) is 0 Å². The number of phenols is 1. The van der Waals surface area contributed by atoms with E-state index in [1.165, 1.54) is 13.1 Å². The van der Waals surface area contributed by atoms with Crippen LogP contribution >= 0.6 is 11.7 Å². The molecule has 1 aromatic heterocycles. The van der Waals surface area contributed by atoms with Gasteiger partial charge in [-0.2, -0.15) is 8.75 Å². The number of carboxylic acid groups (broad SMARTS) is 1. The molecule has 10 heteroatoms. The third kappa shape index (κ3) is 5.78. The number of carbonyl (C=O) groups is 2. The SMILES string of the molecule is CN(CC(=O)O)C(=O)c1cccc(Nc2nsnc2NC(c2ccccc2)C(C)(C)C)c1O. The van der Waals surface area contributed by atoms with Gasteiger partial charge in [-0.25, -0.2) is 0 Å². The Morgan fingerprint density at radius 1 is 1.06 bits per heavy atom. The standard InChI is InChI=1S/C23H27N5O4S/c1-23(2,3)19(14-9-6-5-7-10-14)25-21-20(26-33-27-21)24-16-12-8-11-15(18(16)31)22(32)28(4)13-17(29)30/h5-12,19,31H,13H2,1-4H3,(H,24,26)(H,25,27)(H,29,30). The Labute approximate surface area is 196 Å². The van der Waals surface area contributed by atoms with E-state index < -0.39 is 18.4 Å². The lowest BCUT2D eigenvalue weighted by atomic mass is 9.82. The molecule has 1 amide bonds. The summed E-state index contributed by atoms with van der Waals surface area (Å²) >= 11 is 1.01. The Morgan fingerprint density at radius 3 is 2.36 bits per heavy atom. The van der Waals surface area contributed by atoms with Crippen LogP contribution in [0, 0.1) is 5.41 Å². The van der Waals surface area contributed by atoms with E-state index in [-0.39, 0.29) is 28.5 Å². The van der Waals surface area contributed by atoms with E-state index in [0.717, 1.165) is 22.2 Å². The minimum absolute atomic E-state index is 0.0155. The Bertz CT molecular complexity index is 1130. The van der Waals surface area contributed by atoms with E-state index in [2.05, 4.69) is 40.2 Å². The van der Waals surface area contributed by atoms with Gasteiger partial charge in [-0.05, 0) is 23.1 Å². The van der Waals surface area contributed by atoms with Crippen LogP contribution in [-0.2, 0) is 4.79 Å². The van der Waals surface area contributed by atoms with Crippen LogP contribution in [0.25, 0.3) is 0 Å². The molecule has 1 unspecified atom stereocenters. The van der Waals surface area contributed by atoms with Crippen molar-refractivity contribution in [3.05, 3.63) is 59.7 Å². The summed E-state index contributed by atoms with van der Waals surface area (Å²) in [5.74, 6) is -1.12. The zero-order valence-corrected chi connectivity index (χ0v) is 19.7. The summed E-state index contributed by atoms with van der Waals surface area (Å²) in [5, 5.41) is 26.1. The molecule has 0 bridgehead atoms. The summed E-state index contributed by atoms with van der Waals surface area (Å²) in [5.41, 5.74) is 1.21. The maximum Gasteiger partial charge on any atom is 0.323 e. The Kier molecular flexibility index (Phi) is 7.17. The van der Waals surface area contributed by atoms with Crippen molar-refractivity contribution in [3.8, 4) is 5.75 Å². The number of benzene rings is 2. The fraction of sp³-hybridized carbons (Fsp3) is 0.304. The summed E-state index contributed by atoms with van der Waals surface area (Å²) in [6, 6.07) is 14.6. The zero-order valence-electron chi connectivity index (χ0n) is 18.9. The van der Waals surface area contributed by atoms with E-state index in [9.17, 15) is 14.7 Å². The van der Waals surface area contributed by atoms with Crippen molar-refractivity contribution in [1.82, 2.24) is 13.6 Å². The molecule has 4 N–H and O–H groups in total. The summed E-state index contributed by atoms with van der Waals surface area (Å²) in [4.78, 5) is 24.5. The highest BCUT2D eigenvalue weighted by Gasteiger charge is 2.28. The maximum absolute atomic E-state index is 12.6. The van der Waals surface area contributed by atoms with Gasteiger partial charge in [0.2, 0.25) is 0 Å². The monoisotopic (exact) mass is 469 g/mol. The topological polar surface area (TPSA) is 128 Å². The van der Waals surface area contributed by atoms with E-state index in [1.807, 2.05) is 30.3 Å². The van der Waals surface area contributed by atoms with Crippen LogP contribution < -0.4 is 10.6 Å². The molecule has 3 rings (SSSR count). The number of phenolic OH excluding ortho intramolecular Hbond substituents is 1.